The van der Waals surface area contributed by atoms with Gasteiger partial charge in [0.25, 0.3) is 0 Å². The first kappa shape index (κ1) is 9.72. The van der Waals surface area contributed by atoms with Crippen molar-refractivity contribution in [1.82, 2.24) is 0 Å². The van der Waals surface area contributed by atoms with Gasteiger partial charge < -0.3 is 11.1 Å². The van der Waals surface area contributed by atoms with Crippen LogP contribution < -0.4 is 5.73 Å². The van der Waals surface area contributed by atoms with Crippen molar-refractivity contribution in [2.75, 3.05) is 0 Å². The number of hydrogen-bond donors (Lipinski definition) is 2. The van der Waals surface area contributed by atoms with Crippen LogP contribution in [0.2, 0.25) is 0 Å². The Morgan fingerprint density at radius 2 is 2.00 bits per heavy atom. The van der Waals surface area contributed by atoms with Crippen LogP contribution in [0.1, 0.15) is 45.4 Å². The van der Waals surface area contributed by atoms with Crippen LogP contribution in [0.5, 0.6) is 0 Å². The van der Waals surface area contributed by atoms with Gasteiger partial charge in [-0.05, 0) is 25.7 Å². The SMILES string of the molecule is CC(N)CC(=N)C1CCCCC1. The van der Waals surface area contributed by atoms with Crippen molar-refractivity contribution in [1.29, 1.82) is 5.41 Å². The van der Waals surface area contributed by atoms with Gasteiger partial charge in [-0.15, -0.1) is 0 Å². The first-order valence-corrected chi connectivity index (χ1v) is 5.03. The van der Waals surface area contributed by atoms with Gasteiger partial charge in [-0.3, -0.25) is 0 Å². The first-order chi connectivity index (χ1) is 5.70. The highest BCUT2D eigenvalue weighted by Gasteiger charge is 2.18. The smallest absolute Gasteiger partial charge is 0.0135 e. The third-order valence-corrected chi connectivity index (χ3v) is 2.64. The van der Waals surface area contributed by atoms with Gasteiger partial charge in [-0.1, -0.05) is 19.3 Å². The van der Waals surface area contributed by atoms with Gasteiger partial charge in [0.1, 0.15) is 0 Å². The van der Waals surface area contributed by atoms with Crippen LogP contribution in [0.15, 0.2) is 0 Å². The van der Waals surface area contributed by atoms with Gasteiger partial charge >= 0.3 is 0 Å². The summed E-state index contributed by atoms with van der Waals surface area (Å²) in [6.07, 6.45) is 7.24. The van der Waals surface area contributed by atoms with Gasteiger partial charge in [0.05, 0.1) is 0 Å². The van der Waals surface area contributed by atoms with Crippen molar-refractivity contribution in [3.8, 4) is 0 Å². The molecule has 1 saturated carbocycles. The average molecular weight is 168 g/mol. The topological polar surface area (TPSA) is 49.9 Å². The molecule has 1 aliphatic carbocycles. The van der Waals surface area contributed by atoms with Crippen LogP contribution in [0.25, 0.3) is 0 Å². The van der Waals surface area contributed by atoms with Crippen molar-refractivity contribution < 1.29 is 0 Å². The van der Waals surface area contributed by atoms with E-state index < -0.39 is 0 Å². The van der Waals surface area contributed by atoms with Gasteiger partial charge in [-0.2, -0.15) is 0 Å². The fourth-order valence-corrected chi connectivity index (χ4v) is 1.96. The molecule has 3 N–H and O–H groups in total. The summed E-state index contributed by atoms with van der Waals surface area (Å²) in [5.41, 5.74) is 6.55. The lowest BCUT2D eigenvalue weighted by atomic mass is 9.84. The highest BCUT2D eigenvalue weighted by molar-refractivity contribution is 5.84. The van der Waals surface area contributed by atoms with E-state index in [9.17, 15) is 0 Å². The predicted molar refractivity (Wildman–Crippen MR) is 52.6 cm³/mol. The van der Waals surface area contributed by atoms with E-state index in [2.05, 4.69) is 0 Å². The minimum Gasteiger partial charge on any atom is -0.328 e. The Morgan fingerprint density at radius 3 is 2.50 bits per heavy atom. The predicted octanol–water partition coefficient (Wildman–Crippen LogP) is 2.32. The monoisotopic (exact) mass is 168 g/mol. The molecule has 0 aromatic carbocycles. The molecule has 0 amide bonds. The Labute approximate surface area is 75.0 Å². The third-order valence-electron chi connectivity index (χ3n) is 2.64. The zero-order valence-electron chi connectivity index (χ0n) is 7.97. The third kappa shape index (κ3) is 2.94. The fourth-order valence-electron chi connectivity index (χ4n) is 1.96. The van der Waals surface area contributed by atoms with Crippen molar-refractivity contribution in [2.45, 2.75) is 51.5 Å². The molecular weight excluding hydrogens is 148 g/mol. The number of hydrogen-bond acceptors (Lipinski definition) is 2. The molecule has 2 nitrogen and oxygen atoms in total. The van der Waals surface area contributed by atoms with E-state index in [0.717, 1.165) is 12.1 Å². The Bertz CT molecular complexity index is 146. The molecule has 1 rings (SSSR count). The average Bonchev–Trinajstić information content (AvgIpc) is 2.05. The Morgan fingerprint density at radius 1 is 1.42 bits per heavy atom. The summed E-state index contributed by atoms with van der Waals surface area (Å²) in [4.78, 5) is 0. The molecule has 0 aliphatic heterocycles. The van der Waals surface area contributed by atoms with Crippen LogP contribution in [0.3, 0.4) is 0 Å². The zero-order valence-corrected chi connectivity index (χ0v) is 7.97. The molecule has 0 aromatic heterocycles. The molecule has 1 unspecified atom stereocenters. The Hall–Kier alpha value is -0.370. The second-order valence-electron chi connectivity index (χ2n) is 4.04. The Balaban J connectivity index is 2.30. The molecular formula is C10H20N2. The van der Waals surface area contributed by atoms with Gasteiger partial charge in [0.15, 0.2) is 0 Å². The van der Waals surface area contributed by atoms with Crippen LogP contribution in [-0.2, 0) is 0 Å². The van der Waals surface area contributed by atoms with Crippen LogP contribution in [-0.4, -0.2) is 11.8 Å². The van der Waals surface area contributed by atoms with Crippen LogP contribution in [0.4, 0.5) is 0 Å². The second-order valence-corrected chi connectivity index (χ2v) is 4.04. The maximum Gasteiger partial charge on any atom is 0.0135 e. The zero-order chi connectivity index (χ0) is 8.97. The quantitative estimate of drug-likeness (QED) is 0.624. The summed E-state index contributed by atoms with van der Waals surface area (Å²) >= 11 is 0. The molecule has 0 spiro atoms. The van der Waals surface area contributed by atoms with Crippen LogP contribution in [0, 0.1) is 11.3 Å². The summed E-state index contributed by atoms with van der Waals surface area (Å²) in [5.74, 6) is 0.560. The highest BCUT2D eigenvalue weighted by atomic mass is 14.6. The molecule has 70 valence electrons. The number of rotatable bonds is 3. The Kier molecular flexibility index (Phi) is 3.73. The second kappa shape index (κ2) is 4.61. The van der Waals surface area contributed by atoms with Gasteiger partial charge in [0.2, 0.25) is 0 Å². The minimum atomic E-state index is 0.166. The lowest BCUT2D eigenvalue weighted by Crippen LogP contribution is -2.25. The van der Waals surface area contributed by atoms with Gasteiger partial charge in [-0.25, -0.2) is 0 Å². The molecule has 12 heavy (non-hydrogen) atoms. The standard InChI is InChI=1S/C10H20N2/c1-8(11)7-10(12)9-5-3-2-4-6-9/h8-9,12H,2-7,11H2,1H3. The highest BCUT2D eigenvalue weighted by Crippen LogP contribution is 2.25. The van der Waals surface area contributed by atoms with E-state index in [1.807, 2.05) is 6.92 Å². The van der Waals surface area contributed by atoms with E-state index in [4.69, 9.17) is 11.1 Å². The number of nitrogens with two attached hydrogens (primary N) is 1. The molecule has 1 atom stereocenters. The summed E-state index contributed by atoms with van der Waals surface area (Å²) < 4.78 is 0. The number of nitrogens with one attached hydrogen (secondary N) is 1. The normalized spacial score (nSPS) is 22.2. The van der Waals surface area contributed by atoms with E-state index in [-0.39, 0.29) is 6.04 Å². The van der Waals surface area contributed by atoms with E-state index >= 15 is 0 Å². The van der Waals surface area contributed by atoms with E-state index in [1.54, 1.807) is 0 Å². The maximum atomic E-state index is 7.83. The first-order valence-electron chi connectivity index (χ1n) is 5.03. The summed E-state index contributed by atoms with van der Waals surface area (Å²) in [6, 6.07) is 0.166. The molecule has 2 heteroatoms. The maximum absolute atomic E-state index is 7.83. The molecule has 0 saturated heterocycles. The van der Waals surface area contributed by atoms with E-state index in [0.29, 0.717) is 5.92 Å². The molecule has 1 fully saturated rings. The summed E-state index contributed by atoms with van der Waals surface area (Å²) in [7, 11) is 0. The summed E-state index contributed by atoms with van der Waals surface area (Å²) in [6.45, 7) is 1.98. The fraction of sp³-hybridized carbons (Fsp3) is 0.900. The van der Waals surface area contributed by atoms with Gasteiger partial charge in [0, 0.05) is 18.2 Å². The molecule has 1 aliphatic rings. The molecule has 0 heterocycles. The van der Waals surface area contributed by atoms with E-state index in [1.165, 1.54) is 32.1 Å². The molecule has 0 bridgehead atoms. The largest absolute Gasteiger partial charge is 0.328 e. The molecule has 0 aromatic rings. The lowest BCUT2D eigenvalue weighted by Gasteiger charge is -2.23. The lowest BCUT2D eigenvalue weighted by molar-refractivity contribution is 0.432. The summed E-state index contributed by atoms with van der Waals surface area (Å²) in [5, 5.41) is 7.83. The van der Waals surface area contributed by atoms with Crippen LogP contribution >= 0.6 is 0 Å². The minimum absolute atomic E-state index is 0.166. The van der Waals surface area contributed by atoms with Crippen molar-refractivity contribution >= 4 is 5.71 Å². The van der Waals surface area contributed by atoms with Crippen molar-refractivity contribution in [3.63, 3.8) is 0 Å². The van der Waals surface area contributed by atoms with Crippen molar-refractivity contribution in [2.24, 2.45) is 11.7 Å². The molecule has 0 radical (unpaired) electrons. The van der Waals surface area contributed by atoms with Crippen molar-refractivity contribution in [3.05, 3.63) is 0 Å².